The molecule has 0 radical (unpaired) electrons. The zero-order valence-electron chi connectivity index (χ0n) is 22.2. The Morgan fingerprint density at radius 3 is 2.39 bits per heavy atom. The summed E-state index contributed by atoms with van der Waals surface area (Å²) in [5, 5.41) is 13.0. The molecule has 0 unspecified atom stereocenters. The number of hydrogen-bond donors (Lipinski definition) is 1. The van der Waals surface area contributed by atoms with Crippen LogP contribution in [0.2, 0.25) is 0 Å². The molecule has 2 saturated carbocycles. The van der Waals surface area contributed by atoms with E-state index in [9.17, 15) is 24.3 Å². The van der Waals surface area contributed by atoms with Gasteiger partial charge < -0.3 is 5.11 Å². The first-order valence-corrected chi connectivity index (χ1v) is 16.1. The summed E-state index contributed by atoms with van der Waals surface area (Å²) < 4.78 is 0. The van der Waals surface area contributed by atoms with Gasteiger partial charge in [-0.1, -0.05) is 83.2 Å². The van der Waals surface area contributed by atoms with Gasteiger partial charge in [-0.3, -0.25) is 29.0 Å². The van der Waals surface area contributed by atoms with E-state index in [1.807, 2.05) is 30.3 Å². The molecule has 2 saturated heterocycles. The average Bonchev–Trinajstić information content (AvgIpc) is 3.32. The normalized spacial score (nSPS) is 35.5. The summed E-state index contributed by atoms with van der Waals surface area (Å²) in [6, 6.07) is 10.8. The molecule has 214 valence electrons. The first-order chi connectivity index (χ1) is 19.6. The topological polar surface area (TPSA) is 95.0 Å². The van der Waals surface area contributed by atoms with Gasteiger partial charge in [-0.15, -0.1) is 23.2 Å². The van der Waals surface area contributed by atoms with Gasteiger partial charge in [0.15, 0.2) is 9.75 Å². The smallest absolute Gasteiger partial charge is 0.254 e. The molecule has 2 aromatic rings. The van der Waals surface area contributed by atoms with Gasteiger partial charge in [-0.2, -0.15) is 0 Å². The van der Waals surface area contributed by atoms with Crippen LogP contribution in [0, 0.1) is 17.8 Å². The van der Waals surface area contributed by atoms with Crippen molar-refractivity contribution in [2.24, 2.45) is 17.8 Å². The first kappa shape index (κ1) is 27.4. The number of likely N-dealkylation sites (tertiary alicyclic amines) is 2. The van der Waals surface area contributed by atoms with Gasteiger partial charge in [0.05, 0.1) is 17.3 Å². The van der Waals surface area contributed by atoms with E-state index in [-0.39, 0.29) is 35.5 Å². The van der Waals surface area contributed by atoms with E-state index in [1.54, 1.807) is 12.1 Å². The molecule has 2 heterocycles. The summed E-state index contributed by atoms with van der Waals surface area (Å²) in [5.74, 6) is -4.54. The van der Waals surface area contributed by atoms with E-state index >= 15 is 0 Å². The monoisotopic (exact) mass is 658 g/mol. The van der Waals surface area contributed by atoms with Crippen molar-refractivity contribution in [3.63, 3.8) is 0 Å². The van der Waals surface area contributed by atoms with Crippen LogP contribution in [0.5, 0.6) is 5.75 Å². The molecule has 2 aliphatic heterocycles. The zero-order chi connectivity index (χ0) is 28.8. The Labute approximate surface area is 255 Å². The molecule has 3 aliphatic carbocycles. The quantitative estimate of drug-likeness (QED) is 0.201. The minimum Gasteiger partial charge on any atom is -0.507 e. The highest BCUT2D eigenvalue weighted by Gasteiger charge is 2.76. The Bertz CT molecular complexity index is 1560. The largest absolute Gasteiger partial charge is 0.507 e. The van der Waals surface area contributed by atoms with Crippen LogP contribution in [0.3, 0.4) is 0 Å². The van der Waals surface area contributed by atoms with Gasteiger partial charge in [-0.05, 0) is 37.0 Å². The molecule has 4 fully saturated rings. The Kier molecular flexibility index (Phi) is 6.38. The summed E-state index contributed by atoms with van der Waals surface area (Å²) in [5.41, 5.74) is 0.969. The molecular weight excluding hydrogens is 631 g/mol. The SMILES string of the molecule is O=C1[C@H]2[C@H](CC=C3[C@H]2C[C@@]2(Cl)C(=O)N(CBr)C(=O)[C@@]2(Cl)[C@H]3c2ccc3ccccc3c2O)C(=O)N1C1CCCCC1. The standard InChI is InChI=1S/C31H29BrCl2N2O5/c32-15-35-28(40)30(33)14-22-19(12-13-20-23(22)27(39)36(26(20)38)17-7-2-1-3-8-17)24(31(30,34)29(35)41)21-11-10-16-6-4-5-9-18(16)25(21)37/h4-6,9-12,17,20,22-24,37H,1-3,7-8,13-15H2/t20-,22+,23-,24+,30+,31-/m0/s1. The van der Waals surface area contributed by atoms with Crippen molar-refractivity contribution in [1.29, 1.82) is 0 Å². The fourth-order valence-corrected chi connectivity index (χ4v) is 9.74. The molecule has 6 atom stereocenters. The van der Waals surface area contributed by atoms with E-state index < -0.39 is 45.2 Å². The van der Waals surface area contributed by atoms with E-state index in [4.69, 9.17) is 23.2 Å². The third kappa shape index (κ3) is 3.50. The number of alkyl halides is 3. The van der Waals surface area contributed by atoms with Crippen molar-refractivity contribution in [3.05, 3.63) is 53.6 Å². The predicted molar refractivity (Wildman–Crippen MR) is 158 cm³/mol. The van der Waals surface area contributed by atoms with E-state index in [2.05, 4.69) is 15.9 Å². The number of allylic oxidation sites excluding steroid dienone is 2. The van der Waals surface area contributed by atoms with Gasteiger partial charge in [0, 0.05) is 22.9 Å². The second-order valence-corrected chi connectivity index (χ2v) is 13.8. The third-order valence-corrected chi connectivity index (χ3v) is 12.1. The van der Waals surface area contributed by atoms with Crippen LogP contribution < -0.4 is 0 Å². The number of imide groups is 2. The number of phenolic OH excluding ortho intramolecular Hbond substituents is 1. The molecule has 0 bridgehead atoms. The molecule has 0 aromatic heterocycles. The lowest BCUT2D eigenvalue weighted by Gasteiger charge is -2.50. The van der Waals surface area contributed by atoms with Crippen LogP contribution >= 0.6 is 39.1 Å². The fourth-order valence-electron chi connectivity index (χ4n) is 8.33. The van der Waals surface area contributed by atoms with Crippen LogP contribution in [-0.2, 0) is 19.2 Å². The molecule has 7 rings (SSSR count). The van der Waals surface area contributed by atoms with Gasteiger partial charge in [-0.25, -0.2) is 0 Å². The number of phenols is 1. The number of rotatable bonds is 3. The second-order valence-electron chi connectivity index (χ2n) is 12.0. The highest BCUT2D eigenvalue weighted by Crippen LogP contribution is 2.66. The van der Waals surface area contributed by atoms with Crippen molar-refractivity contribution < 1.29 is 24.3 Å². The third-order valence-electron chi connectivity index (χ3n) is 10.2. The van der Waals surface area contributed by atoms with Crippen molar-refractivity contribution in [3.8, 4) is 5.75 Å². The molecule has 0 spiro atoms. The van der Waals surface area contributed by atoms with Crippen molar-refractivity contribution >= 4 is 73.5 Å². The lowest BCUT2D eigenvalue weighted by atomic mass is 9.56. The highest BCUT2D eigenvalue weighted by molar-refractivity contribution is 9.09. The van der Waals surface area contributed by atoms with Gasteiger partial charge in [0.2, 0.25) is 11.8 Å². The maximum absolute atomic E-state index is 14.1. The Hall–Kier alpha value is -2.42. The number of amides is 4. The second kappa shape index (κ2) is 9.55. The van der Waals surface area contributed by atoms with Crippen LogP contribution in [0.15, 0.2) is 48.0 Å². The van der Waals surface area contributed by atoms with Gasteiger partial charge in [0.1, 0.15) is 5.75 Å². The number of aromatic hydroxyl groups is 1. The number of hydrogen-bond acceptors (Lipinski definition) is 5. The van der Waals surface area contributed by atoms with Crippen LogP contribution in [-0.4, -0.2) is 59.8 Å². The zero-order valence-corrected chi connectivity index (χ0v) is 25.3. The van der Waals surface area contributed by atoms with E-state index in [0.29, 0.717) is 22.9 Å². The van der Waals surface area contributed by atoms with Crippen LogP contribution in [0.1, 0.15) is 56.4 Å². The number of carbonyl (C=O) groups excluding carboxylic acids is 4. The first-order valence-electron chi connectivity index (χ1n) is 14.2. The lowest BCUT2D eigenvalue weighted by molar-refractivity contribution is -0.144. The van der Waals surface area contributed by atoms with Gasteiger partial charge >= 0.3 is 0 Å². The maximum atomic E-state index is 14.1. The molecule has 41 heavy (non-hydrogen) atoms. The van der Waals surface area contributed by atoms with Crippen molar-refractivity contribution in [2.75, 3.05) is 5.45 Å². The highest BCUT2D eigenvalue weighted by atomic mass is 79.9. The van der Waals surface area contributed by atoms with Crippen molar-refractivity contribution in [1.82, 2.24) is 9.80 Å². The van der Waals surface area contributed by atoms with Crippen LogP contribution in [0.4, 0.5) is 0 Å². The fraction of sp³-hybridized carbons (Fsp3) is 0.484. The number of halogens is 3. The Balaban J connectivity index is 1.41. The van der Waals surface area contributed by atoms with Crippen molar-refractivity contribution in [2.45, 2.75) is 66.7 Å². The number of fused-ring (bicyclic) bond motifs is 5. The number of nitrogens with zero attached hydrogens (tertiary/aromatic N) is 2. The number of carbonyl (C=O) groups is 4. The summed E-state index contributed by atoms with van der Waals surface area (Å²) in [6.45, 7) is 0. The minimum atomic E-state index is -1.94. The maximum Gasteiger partial charge on any atom is 0.254 e. The average molecular weight is 660 g/mol. The van der Waals surface area contributed by atoms with E-state index in [0.717, 1.165) is 42.4 Å². The molecular formula is C31H29BrCl2N2O5. The summed E-state index contributed by atoms with van der Waals surface area (Å²) in [7, 11) is 0. The Morgan fingerprint density at radius 1 is 0.927 bits per heavy atom. The van der Waals surface area contributed by atoms with Gasteiger partial charge in [0.25, 0.3) is 11.8 Å². The molecule has 1 N–H and O–H groups in total. The summed E-state index contributed by atoms with van der Waals surface area (Å²) in [6.07, 6.45) is 6.83. The predicted octanol–water partition coefficient (Wildman–Crippen LogP) is 5.59. The lowest BCUT2D eigenvalue weighted by Crippen LogP contribution is -2.60. The molecule has 2 aromatic carbocycles. The number of benzene rings is 2. The summed E-state index contributed by atoms with van der Waals surface area (Å²) >= 11 is 17.9. The van der Waals surface area contributed by atoms with Crippen LogP contribution in [0.25, 0.3) is 10.8 Å². The summed E-state index contributed by atoms with van der Waals surface area (Å²) in [4.78, 5) is 54.3. The molecule has 5 aliphatic rings. The molecule has 4 amide bonds. The minimum absolute atomic E-state index is 0.0500. The molecule has 7 nitrogen and oxygen atoms in total. The van der Waals surface area contributed by atoms with E-state index in [1.165, 1.54) is 4.90 Å². The molecule has 10 heteroatoms. The Morgan fingerprint density at radius 2 is 1.66 bits per heavy atom.